The van der Waals surface area contributed by atoms with Gasteiger partial charge in [0.2, 0.25) is 0 Å². The van der Waals surface area contributed by atoms with Crippen LogP contribution in [0.2, 0.25) is 0 Å². The standard InChI is InChI=1S/C16H27N3.BF4.Cu.N3/c1-15(2)19-12-5-10-18(11-6-13-19)14-8-16-7-3-4-9-17-16;2-1(3,4)5;;1-3-2/h3-4,7,9,15H,5-6,8,10-14H2,1-2H3;;;/q;-1;+2;-1. The summed E-state index contributed by atoms with van der Waals surface area (Å²) in [5, 5.41) is 0. The summed E-state index contributed by atoms with van der Waals surface area (Å²) in [4.78, 5) is 11.1. The normalized spacial score (nSPS) is 15.5. The van der Waals surface area contributed by atoms with Gasteiger partial charge in [-0.05, 0) is 65.0 Å². The second-order valence-corrected chi connectivity index (χ2v) is 6.33. The third kappa shape index (κ3) is 18.1. The van der Waals surface area contributed by atoms with Crippen molar-refractivity contribution >= 4 is 7.25 Å². The Hall–Kier alpha value is -1.32. The predicted molar refractivity (Wildman–Crippen MR) is 101 cm³/mol. The van der Waals surface area contributed by atoms with E-state index in [1.54, 1.807) is 0 Å². The second kappa shape index (κ2) is 16.6. The molecule has 0 aromatic carbocycles. The number of hydrogen-bond donors (Lipinski definition) is 0. The Morgan fingerprint density at radius 1 is 1.07 bits per heavy atom. The zero-order valence-electron chi connectivity index (χ0n) is 16.1. The van der Waals surface area contributed by atoms with Gasteiger partial charge in [0.25, 0.3) is 0 Å². The summed E-state index contributed by atoms with van der Waals surface area (Å²) < 4.78 is 39.0. The van der Waals surface area contributed by atoms with Gasteiger partial charge in [-0.3, -0.25) is 9.90 Å². The van der Waals surface area contributed by atoms with Gasteiger partial charge in [0.1, 0.15) is 0 Å². The van der Waals surface area contributed by atoms with Crippen LogP contribution in [-0.4, -0.2) is 60.8 Å². The molecule has 2 rings (SSSR count). The van der Waals surface area contributed by atoms with E-state index in [-0.39, 0.29) is 17.1 Å². The Morgan fingerprint density at radius 2 is 1.57 bits per heavy atom. The van der Waals surface area contributed by atoms with Crippen LogP contribution in [0.15, 0.2) is 24.4 Å². The van der Waals surface area contributed by atoms with Gasteiger partial charge >= 0.3 is 24.3 Å². The molecule has 1 fully saturated rings. The van der Waals surface area contributed by atoms with Crippen molar-refractivity contribution in [2.45, 2.75) is 39.2 Å². The Balaban J connectivity index is 0. The molecule has 0 saturated carbocycles. The zero-order chi connectivity index (χ0) is 20.7. The van der Waals surface area contributed by atoms with E-state index >= 15 is 0 Å². The maximum Gasteiger partial charge on any atom is 2.00 e. The minimum absolute atomic E-state index is 0. The number of pyridine rings is 1. The van der Waals surface area contributed by atoms with Crippen LogP contribution in [0.1, 0.15) is 32.4 Å². The van der Waals surface area contributed by atoms with Crippen LogP contribution in [0.3, 0.4) is 0 Å². The molecular weight excluding hydrogens is 427 g/mol. The molecule has 1 aromatic rings. The molecule has 2 heterocycles. The molecule has 12 heteroatoms. The largest absolute Gasteiger partial charge is 2.00 e. The van der Waals surface area contributed by atoms with E-state index in [1.807, 2.05) is 12.3 Å². The molecule has 0 bridgehead atoms. The molecule has 0 spiro atoms. The Morgan fingerprint density at radius 3 is 1.96 bits per heavy atom. The van der Waals surface area contributed by atoms with Crippen molar-refractivity contribution in [1.82, 2.24) is 14.8 Å². The first-order chi connectivity index (χ1) is 12.7. The average Bonchev–Trinajstić information content (AvgIpc) is 2.54. The summed E-state index contributed by atoms with van der Waals surface area (Å²) in [5.74, 6) is 0. The van der Waals surface area contributed by atoms with Crippen molar-refractivity contribution in [3.8, 4) is 0 Å². The fraction of sp³-hybridized carbons (Fsp3) is 0.688. The fourth-order valence-corrected chi connectivity index (χ4v) is 2.78. The zero-order valence-corrected chi connectivity index (χ0v) is 17.1. The summed E-state index contributed by atoms with van der Waals surface area (Å²) in [5.41, 5.74) is 14.7. The molecule has 163 valence electrons. The first-order valence-electron chi connectivity index (χ1n) is 8.89. The van der Waals surface area contributed by atoms with Crippen LogP contribution in [0.5, 0.6) is 0 Å². The van der Waals surface area contributed by atoms with Crippen LogP contribution < -0.4 is 0 Å². The van der Waals surface area contributed by atoms with Crippen molar-refractivity contribution in [3.63, 3.8) is 0 Å². The van der Waals surface area contributed by atoms with Gasteiger partial charge in [-0.15, -0.1) is 0 Å². The number of aromatic nitrogens is 1. The van der Waals surface area contributed by atoms with Crippen molar-refractivity contribution < 1.29 is 34.3 Å². The van der Waals surface area contributed by atoms with Gasteiger partial charge in [0.05, 0.1) is 0 Å². The quantitative estimate of drug-likeness (QED) is 0.220. The van der Waals surface area contributed by atoms with Crippen molar-refractivity contribution in [1.29, 1.82) is 0 Å². The van der Waals surface area contributed by atoms with Crippen LogP contribution >= 0.6 is 0 Å². The van der Waals surface area contributed by atoms with E-state index < -0.39 is 7.25 Å². The third-order valence-electron chi connectivity index (χ3n) is 3.98. The van der Waals surface area contributed by atoms with E-state index in [0.29, 0.717) is 6.04 Å². The van der Waals surface area contributed by atoms with Gasteiger partial charge in [-0.1, -0.05) is 6.07 Å². The molecule has 28 heavy (non-hydrogen) atoms. The molecule has 6 nitrogen and oxygen atoms in total. The molecule has 1 aliphatic heterocycles. The molecule has 1 aromatic heterocycles. The Kier molecular flexibility index (Phi) is 17.2. The molecular formula is C16H27BCuF4N6. The van der Waals surface area contributed by atoms with E-state index in [1.165, 1.54) is 49.6 Å². The molecule has 1 saturated heterocycles. The maximum atomic E-state index is 9.75. The van der Waals surface area contributed by atoms with Crippen molar-refractivity contribution in [2.24, 2.45) is 0 Å². The number of halogens is 4. The van der Waals surface area contributed by atoms with E-state index in [0.717, 1.165) is 13.0 Å². The summed E-state index contributed by atoms with van der Waals surface area (Å²) in [6.45, 7) is 10.7. The molecule has 0 aliphatic carbocycles. The maximum absolute atomic E-state index is 9.75. The van der Waals surface area contributed by atoms with Gasteiger partial charge in [0.15, 0.2) is 0 Å². The van der Waals surface area contributed by atoms with Crippen LogP contribution in [0, 0.1) is 0 Å². The molecule has 0 atom stereocenters. The summed E-state index contributed by atoms with van der Waals surface area (Å²) in [7, 11) is -6.00. The Labute approximate surface area is 174 Å². The molecule has 1 aliphatic rings. The third-order valence-corrected chi connectivity index (χ3v) is 3.98. The minimum atomic E-state index is -6.00. The molecule has 1 radical (unpaired) electrons. The number of rotatable bonds is 4. The van der Waals surface area contributed by atoms with Crippen LogP contribution in [-0.2, 0) is 23.5 Å². The first-order valence-corrected chi connectivity index (χ1v) is 8.89. The first kappa shape index (κ1) is 28.9. The predicted octanol–water partition coefficient (Wildman–Crippen LogP) is 4.59. The molecule has 0 amide bonds. The van der Waals surface area contributed by atoms with Crippen LogP contribution in [0.25, 0.3) is 16.0 Å². The number of hydrogen-bond acceptors (Lipinski definition) is 3. The van der Waals surface area contributed by atoms with Gasteiger partial charge in [0, 0.05) is 30.9 Å². The molecule has 0 unspecified atom stereocenters. The minimum Gasteiger partial charge on any atom is -0.418 e. The van der Waals surface area contributed by atoms with Crippen LogP contribution in [0.4, 0.5) is 17.3 Å². The van der Waals surface area contributed by atoms with E-state index in [4.69, 9.17) is 11.1 Å². The van der Waals surface area contributed by atoms with Crippen molar-refractivity contribution in [2.75, 3.05) is 32.7 Å². The second-order valence-electron chi connectivity index (χ2n) is 6.33. The number of nitrogens with zero attached hydrogens (tertiary/aromatic N) is 6. The van der Waals surface area contributed by atoms with Gasteiger partial charge < -0.3 is 38.1 Å². The van der Waals surface area contributed by atoms with Gasteiger partial charge in [-0.25, -0.2) is 0 Å². The smallest absolute Gasteiger partial charge is 0.418 e. The average molecular weight is 454 g/mol. The monoisotopic (exact) mass is 453 g/mol. The van der Waals surface area contributed by atoms with E-state index in [9.17, 15) is 17.3 Å². The summed E-state index contributed by atoms with van der Waals surface area (Å²) >= 11 is 0. The molecule has 0 N–H and O–H groups in total. The fourth-order valence-electron chi connectivity index (χ4n) is 2.78. The summed E-state index contributed by atoms with van der Waals surface area (Å²) in [6.07, 6.45) is 5.55. The topological polar surface area (TPSA) is 78.1 Å². The Bertz CT molecular complexity index is 514. The SMILES string of the molecule is CC(C)N1CCCN(CCc2ccccn2)CCC1.F[B-](F)(F)F.[Cu+2].[N-]=[N+]=[N-]. The van der Waals surface area contributed by atoms with Gasteiger partial charge in [-0.2, -0.15) is 0 Å². The van der Waals surface area contributed by atoms with E-state index in [2.05, 4.69) is 40.8 Å². The summed E-state index contributed by atoms with van der Waals surface area (Å²) in [6, 6.07) is 6.89. The van der Waals surface area contributed by atoms with Crippen molar-refractivity contribution in [3.05, 3.63) is 46.1 Å².